The van der Waals surface area contributed by atoms with Crippen molar-refractivity contribution in [3.8, 4) is 0 Å². The number of nitrogens with one attached hydrogen (secondary N) is 1. The zero-order valence-corrected chi connectivity index (χ0v) is 16.5. The Bertz CT molecular complexity index is 937. The van der Waals surface area contributed by atoms with Crippen LogP contribution in [-0.4, -0.2) is 44.5 Å². The minimum Gasteiger partial charge on any atom is -0.377 e. The number of hydrogen-bond donors (Lipinski definition) is 1. The molecule has 3 rings (SSSR count). The van der Waals surface area contributed by atoms with Gasteiger partial charge in [-0.3, -0.25) is 9.52 Å². The highest BCUT2D eigenvalue weighted by Crippen LogP contribution is 2.23. The second-order valence-electron chi connectivity index (χ2n) is 7.27. The Morgan fingerprint density at radius 1 is 1.11 bits per heavy atom. The first-order chi connectivity index (χ1) is 12.7. The Balaban J connectivity index is 1.78. The molecular weight excluding hydrogens is 364 g/mol. The summed E-state index contributed by atoms with van der Waals surface area (Å²) in [6.45, 7) is 7.23. The molecule has 2 aromatic rings. The normalized spacial score (nSPS) is 16.8. The highest BCUT2D eigenvalue weighted by atomic mass is 32.2. The molecule has 1 aliphatic heterocycles. The number of ether oxygens (including phenoxy) is 1. The number of aryl methyl sites for hydroxylation is 1. The van der Waals surface area contributed by atoms with Gasteiger partial charge in [0.1, 0.15) is 0 Å². The van der Waals surface area contributed by atoms with Gasteiger partial charge in [0.25, 0.3) is 15.9 Å². The van der Waals surface area contributed by atoms with Gasteiger partial charge in [0.2, 0.25) is 0 Å². The average molecular weight is 388 g/mol. The maximum Gasteiger partial charge on any atom is 0.262 e. The summed E-state index contributed by atoms with van der Waals surface area (Å²) in [7, 11) is -3.68. The molecular formula is C20H24N2O4S. The molecule has 2 aromatic carbocycles. The van der Waals surface area contributed by atoms with Crippen LogP contribution < -0.4 is 4.72 Å². The Morgan fingerprint density at radius 2 is 1.78 bits per heavy atom. The number of hydrogen-bond acceptors (Lipinski definition) is 4. The van der Waals surface area contributed by atoms with Crippen LogP contribution in [0.5, 0.6) is 0 Å². The van der Waals surface area contributed by atoms with Crippen LogP contribution >= 0.6 is 0 Å². The van der Waals surface area contributed by atoms with Crippen molar-refractivity contribution in [2.24, 2.45) is 0 Å². The number of carbonyl (C=O) groups is 1. The van der Waals surface area contributed by atoms with E-state index in [9.17, 15) is 13.2 Å². The van der Waals surface area contributed by atoms with Crippen LogP contribution in [0, 0.1) is 6.92 Å². The molecule has 0 bridgehead atoms. The highest BCUT2D eigenvalue weighted by Gasteiger charge is 2.34. The fourth-order valence-corrected chi connectivity index (χ4v) is 4.45. The number of morpholine rings is 1. The van der Waals surface area contributed by atoms with E-state index in [0.29, 0.717) is 36.6 Å². The Morgan fingerprint density at radius 3 is 2.41 bits per heavy atom. The van der Waals surface area contributed by atoms with Crippen LogP contribution in [0.15, 0.2) is 53.4 Å². The monoisotopic (exact) mass is 388 g/mol. The lowest BCUT2D eigenvalue weighted by Gasteiger charge is -2.42. The molecule has 1 saturated heterocycles. The van der Waals surface area contributed by atoms with Crippen molar-refractivity contribution in [2.45, 2.75) is 31.2 Å². The highest BCUT2D eigenvalue weighted by molar-refractivity contribution is 7.92. The van der Waals surface area contributed by atoms with Crippen molar-refractivity contribution in [3.63, 3.8) is 0 Å². The standard InChI is InChI=1S/C20H24N2O4S/c1-15-6-4-5-7-18(15)27(24,25)21-17-10-8-16(9-11-17)19(23)22-12-13-26-14-20(22,2)3/h4-11,21H,12-14H2,1-3H3. The molecule has 1 amide bonds. The Kier molecular flexibility index (Phi) is 5.26. The second-order valence-corrected chi connectivity index (χ2v) is 8.92. The van der Waals surface area contributed by atoms with Crippen molar-refractivity contribution < 1.29 is 17.9 Å². The molecule has 0 unspecified atom stereocenters. The van der Waals surface area contributed by atoms with Gasteiger partial charge in [-0.2, -0.15) is 0 Å². The lowest BCUT2D eigenvalue weighted by Crippen LogP contribution is -2.55. The van der Waals surface area contributed by atoms with Gasteiger partial charge in [-0.1, -0.05) is 18.2 Å². The Hall–Kier alpha value is -2.38. The number of nitrogens with zero attached hydrogens (tertiary/aromatic N) is 1. The molecule has 0 radical (unpaired) electrons. The van der Waals surface area contributed by atoms with E-state index in [2.05, 4.69) is 4.72 Å². The summed E-state index contributed by atoms with van der Waals surface area (Å²) in [6, 6.07) is 13.3. The van der Waals surface area contributed by atoms with Crippen molar-refractivity contribution in [2.75, 3.05) is 24.5 Å². The Labute approximate surface area is 160 Å². The molecule has 0 saturated carbocycles. The number of sulfonamides is 1. The first-order valence-electron chi connectivity index (χ1n) is 8.79. The lowest BCUT2D eigenvalue weighted by atomic mass is 10.0. The first-order valence-corrected chi connectivity index (χ1v) is 10.3. The molecule has 7 heteroatoms. The first kappa shape index (κ1) is 19.4. The molecule has 0 spiro atoms. The zero-order valence-electron chi connectivity index (χ0n) is 15.7. The van der Waals surface area contributed by atoms with Gasteiger partial charge in [-0.25, -0.2) is 8.42 Å². The smallest absolute Gasteiger partial charge is 0.262 e. The van der Waals surface area contributed by atoms with Crippen molar-refractivity contribution in [1.29, 1.82) is 0 Å². The SMILES string of the molecule is Cc1ccccc1S(=O)(=O)Nc1ccc(C(=O)N2CCOCC2(C)C)cc1. The van der Waals surface area contributed by atoms with Crippen LogP contribution in [0.1, 0.15) is 29.8 Å². The fourth-order valence-electron chi connectivity index (χ4n) is 3.14. The largest absolute Gasteiger partial charge is 0.377 e. The third-order valence-corrected chi connectivity index (χ3v) is 6.20. The molecule has 144 valence electrons. The molecule has 1 heterocycles. The average Bonchev–Trinajstić information content (AvgIpc) is 2.61. The number of benzene rings is 2. The quantitative estimate of drug-likeness (QED) is 0.873. The maximum absolute atomic E-state index is 12.8. The van der Waals surface area contributed by atoms with Gasteiger partial charge in [0.05, 0.1) is 23.6 Å². The molecule has 1 aliphatic rings. The molecule has 0 aromatic heterocycles. The van der Waals surface area contributed by atoms with E-state index in [4.69, 9.17) is 4.74 Å². The topological polar surface area (TPSA) is 75.7 Å². The predicted molar refractivity (Wildman–Crippen MR) is 104 cm³/mol. The van der Waals surface area contributed by atoms with E-state index < -0.39 is 10.0 Å². The van der Waals surface area contributed by atoms with Crippen molar-refractivity contribution in [3.05, 3.63) is 59.7 Å². The summed E-state index contributed by atoms with van der Waals surface area (Å²) in [5, 5.41) is 0. The minimum atomic E-state index is -3.68. The van der Waals surface area contributed by atoms with Crippen LogP contribution in [0.25, 0.3) is 0 Å². The van der Waals surface area contributed by atoms with Crippen LogP contribution in [-0.2, 0) is 14.8 Å². The van der Waals surface area contributed by atoms with E-state index in [1.807, 2.05) is 13.8 Å². The molecule has 6 nitrogen and oxygen atoms in total. The van der Waals surface area contributed by atoms with Gasteiger partial charge in [-0.05, 0) is 56.7 Å². The maximum atomic E-state index is 12.8. The second kappa shape index (κ2) is 7.32. The zero-order chi connectivity index (χ0) is 19.7. The van der Waals surface area contributed by atoms with E-state index in [-0.39, 0.29) is 16.3 Å². The fraction of sp³-hybridized carbons (Fsp3) is 0.350. The predicted octanol–water partition coefficient (Wildman–Crippen LogP) is 3.05. The minimum absolute atomic E-state index is 0.0865. The van der Waals surface area contributed by atoms with Gasteiger partial charge < -0.3 is 9.64 Å². The van der Waals surface area contributed by atoms with E-state index in [0.717, 1.165) is 0 Å². The molecule has 27 heavy (non-hydrogen) atoms. The van der Waals surface area contributed by atoms with Crippen molar-refractivity contribution in [1.82, 2.24) is 4.90 Å². The number of carbonyl (C=O) groups excluding carboxylic acids is 1. The number of amides is 1. The third-order valence-electron chi connectivity index (χ3n) is 4.66. The van der Waals surface area contributed by atoms with Gasteiger partial charge in [-0.15, -0.1) is 0 Å². The summed E-state index contributed by atoms with van der Waals surface area (Å²) in [5.74, 6) is -0.0865. The van der Waals surface area contributed by atoms with E-state index >= 15 is 0 Å². The summed E-state index contributed by atoms with van der Waals surface area (Å²) in [6.07, 6.45) is 0. The van der Waals surface area contributed by atoms with Crippen molar-refractivity contribution >= 4 is 21.6 Å². The molecule has 1 fully saturated rings. The number of anilines is 1. The summed E-state index contributed by atoms with van der Waals surface area (Å²) in [4.78, 5) is 14.8. The summed E-state index contributed by atoms with van der Waals surface area (Å²) < 4.78 is 33.2. The van der Waals surface area contributed by atoms with Crippen LogP contribution in [0.2, 0.25) is 0 Å². The van der Waals surface area contributed by atoms with Gasteiger partial charge in [0.15, 0.2) is 0 Å². The van der Waals surface area contributed by atoms with E-state index in [1.54, 1.807) is 60.4 Å². The third kappa shape index (κ3) is 4.14. The van der Waals surface area contributed by atoms with Gasteiger partial charge in [0, 0.05) is 17.8 Å². The molecule has 0 aliphatic carbocycles. The van der Waals surface area contributed by atoms with Crippen LogP contribution in [0.4, 0.5) is 5.69 Å². The van der Waals surface area contributed by atoms with Gasteiger partial charge >= 0.3 is 0 Å². The number of rotatable bonds is 4. The summed E-state index contributed by atoms with van der Waals surface area (Å²) >= 11 is 0. The molecule has 0 atom stereocenters. The van der Waals surface area contributed by atoms with E-state index in [1.165, 1.54) is 0 Å². The van der Waals surface area contributed by atoms with Crippen LogP contribution in [0.3, 0.4) is 0 Å². The molecule has 1 N–H and O–H groups in total. The lowest BCUT2D eigenvalue weighted by molar-refractivity contribution is -0.0370. The summed E-state index contributed by atoms with van der Waals surface area (Å²) in [5.41, 5.74) is 1.23.